The maximum Gasteiger partial charge on any atom is 0.410 e. The number of ether oxygens (including phenoxy) is 1. The van der Waals surface area contributed by atoms with Crippen molar-refractivity contribution in [3.63, 3.8) is 0 Å². The van der Waals surface area contributed by atoms with Crippen molar-refractivity contribution in [2.24, 2.45) is 5.92 Å². The molecule has 0 aromatic heterocycles. The van der Waals surface area contributed by atoms with Gasteiger partial charge in [-0.05, 0) is 29.7 Å². The fourth-order valence-corrected chi connectivity index (χ4v) is 4.05. The molecule has 0 saturated carbocycles. The average Bonchev–Trinajstić information content (AvgIpc) is 3.03. The number of carbonyl (C=O) groups is 4. The van der Waals surface area contributed by atoms with E-state index in [9.17, 15) is 19.2 Å². The van der Waals surface area contributed by atoms with Gasteiger partial charge in [-0.3, -0.25) is 19.3 Å². The summed E-state index contributed by atoms with van der Waals surface area (Å²) >= 11 is 0. The topological polar surface area (TPSA) is 84.0 Å². The van der Waals surface area contributed by atoms with Crippen molar-refractivity contribution >= 4 is 23.7 Å². The van der Waals surface area contributed by atoms with Crippen LogP contribution in [0.25, 0.3) is 0 Å². The summed E-state index contributed by atoms with van der Waals surface area (Å²) in [4.78, 5) is 52.2. The summed E-state index contributed by atoms with van der Waals surface area (Å²) in [5, 5.41) is 0. The lowest BCUT2D eigenvalue weighted by atomic mass is 9.94. The van der Waals surface area contributed by atoms with Gasteiger partial charge in [-0.2, -0.15) is 0 Å². The molecule has 1 atom stereocenters. The Morgan fingerprint density at radius 1 is 1.00 bits per heavy atom. The highest BCUT2D eigenvalue weighted by Gasteiger charge is 2.35. The molecule has 0 bridgehead atoms. The van der Waals surface area contributed by atoms with Gasteiger partial charge in [0.2, 0.25) is 0 Å². The van der Waals surface area contributed by atoms with Crippen LogP contribution in [-0.2, 0) is 22.7 Å². The van der Waals surface area contributed by atoms with Crippen LogP contribution in [0, 0.1) is 5.92 Å². The predicted octanol–water partition coefficient (Wildman–Crippen LogP) is 3.42. The second-order valence-corrected chi connectivity index (χ2v) is 7.88. The van der Waals surface area contributed by atoms with Gasteiger partial charge in [0, 0.05) is 25.4 Å². The normalized spacial score (nSPS) is 18.4. The van der Waals surface area contributed by atoms with E-state index in [0.717, 1.165) is 11.1 Å². The van der Waals surface area contributed by atoms with Gasteiger partial charge in [0.1, 0.15) is 12.4 Å². The number of rotatable bonds is 5. The van der Waals surface area contributed by atoms with E-state index in [1.165, 1.54) is 4.90 Å². The molecule has 1 unspecified atom stereocenters. The number of fused-ring (bicyclic) bond motifs is 1. The third-order valence-electron chi connectivity index (χ3n) is 5.85. The molecule has 2 aliphatic heterocycles. The van der Waals surface area contributed by atoms with E-state index >= 15 is 0 Å². The van der Waals surface area contributed by atoms with Gasteiger partial charge in [-0.15, -0.1) is 0 Å². The molecule has 7 nitrogen and oxygen atoms in total. The third-order valence-corrected chi connectivity index (χ3v) is 5.85. The minimum Gasteiger partial charge on any atom is -0.445 e. The van der Waals surface area contributed by atoms with Crippen molar-refractivity contribution in [2.75, 3.05) is 13.1 Å². The minimum absolute atomic E-state index is 0.0794. The quantitative estimate of drug-likeness (QED) is 0.692. The summed E-state index contributed by atoms with van der Waals surface area (Å²) in [7, 11) is 0. The maximum atomic E-state index is 12.6. The monoisotopic (exact) mass is 420 g/mol. The molecule has 0 N–H and O–H groups in total. The molecular weight excluding hydrogens is 396 g/mol. The maximum absolute atomic E-state index is 12.6. The standard InChI is InChI=1S/C24H24N2O5/c1-2-18-14-25(11-10-21(18)27)24(30)31-15-17-7-5-6-16(12-17)13-26-22(28)19-8-3-4-9-20(19)23(26)29/h3-9,12,18H,2,10-11,13-15H2,1H3. The fraction of sp³-hybridized carbons (Fsp3) is 0.333. The van der Waals surface area contributed by atoms with E-state index in [1.54, 1.807) is 29.2 Å². The van der Waals surface area contributed by atoms with Gasteiger partial charge in [-0.1, -0.05) is 43.3 Å². The van der Waals surface area contributed by atoms with Crippen LogP contribution < -0.4 is 0 Å². The summed E-state index contributed by atoms with van der Waals surface area (Å²) in [6.45, 7) is 2.95. The van der Waals surface area contributed by atoms with E-state index in [2.05, 4.69) is 0 Å². The van der Waals surface area contributed by atoms with E-state index in [1.807, 2.05) is 31.2 Å². The van der Waals surface area contributed by atoms with Gasteiger partial charge in [0.15, 0.2) is 0 Å². The lowest BCUT2D eigenvalue weighted by Gasteiger charge is -2.30. The van der Waals surface area contributed by atoms with Gasteiger partial charge in [0.05, 0.1) is 17.7 Å². The molecule has 2 aliphatic rings. The summed E-state index contributed by atoms with van der Waals surface area (Å²) < 4.78 is 5.44. The molecule has 7 heteroatoms. The highest BCUT2D eigenvalue weighted by molar-refractivity contribution is 6.21. The number of piperidine rings is 1. The Balaban J connectivity index is 1.37. The molecule has 2 aromatic carbocycles. The summed E-state index contributed by atoms with van der Waals surface area (Å²) in [6, 6.07) is 14.1. The second kappa shape index (κ2) is 8.71. The number of hydrogen-bond donors (Lipinski definition) is 0. The lowest BCUT2D eigenvalue weighted by molar-refractivity contribution is -0.125. The van der Waals surface area contributed by atoms with E-state index in [-0.39, 0.29) is 36.7 Å². The van der Waals surface area contributed by atoms with Gasteiger partial charge >= 0.3 is 6.09 Å². The number of Topliss-reactive ketones (excluding diaryl/α,β-unsaturated/α-hetero) is 1. The van der Waals surface area contributed by atoms with Crippen molar-refractivity contribution in [3.05, 3.63) is 70.8 Å². The zero-order valence-corrected chi connectivity index (χ0v) is 17.4. The highest BCUT2D eigenvalue weighted by Crippen LogP contribution is 2.24. The Bertz CT molecular complexity index is 1010. The second-order valence-electron chi connectivity index (χ2n) is 7.88. The molecule has 1 saturated heterocycles. The van der Waals surface area contributed by atoms with Crippen molar-refractivity contribution in [2.45, 2.75) is 32.9 Å². The third kappa shape index (κ3) is 4.21. The molecule has 1 fully saturated rings. The molecule has 0 aliphatic carbocycles. The Morgan fingerprint density at radius 2 is 1.68 bits per heavy atom. The largest absolute Gasteiger partial charge is 0.445 e. The number of likely N-dealkylation sites (tertiary alicyclic amines) is 1. The summed E-state index contributed by atoms with van der Waals surface area (Å²) in [5.41, 5.74) is 2.38. The average molecular weight is 420 g/mol. The Morgan fingerprint density at radius 3 is 2.35 bits per heavy atom. The minimum atomic E-state index is -0.434. The van der Waals surface area contributed by atoms with Crippen LogP contribution in [0.4, 0.5) is 4.79 Å². The fourth-order valence-electron chi connectivity index (χ4n) is 4.05. The van der Waals surface area contributed by atoms with Crippen molar-refractivity contribution in [1.29, 1.82) is 0 Å². The number of ketones is 1. The Labute approximate surface area is 180 Å². The van der Waals surface area contributed by atoms with E-state index < -0.39 is 6.09 Å². The molecule has 3 amide bonds. The zero-order chi connectivity index (χ0) is 22.0. The van der Waals surface area contributed by atoms with Gasteiger partial charge in [0.25, 0.3) is 11.8 Å². The van der Waals surface area contributed by atoms with Crippen LogP contribution in [0.2, 0.25) is 0 Å². The first kappa shape index (κ1) is 20.8. The van der Waals surface area contributed by atoms with Crippen LogP contribution in [0.3, 0.4) is 0 Å². The van der Waals surface area contributed by atoms with E-state index in [0.29, 0.717) is 37.1 Å². The first-order chi connectivity index (χ1) is 15.0. The summed E-state index contributed by atoms with van der Waals surface area (Å²) in [5.74, 6) is -0.526. The first-order valence-corrected chi connectivity index (χ1v) is 10.5. The highest BCUT2D eigenvalue weighted by atomic mass is 16.6. The number of benzene rings is 2. The molecule has 0 spiro atoms. The zero-order valence-electron chi connectivity index (χ0n) is 17.4. The van der Waals surface area contributed by atoms with Crippen molar-refractivity contribution in [1.82, 2.24) is 9.80 Å². The summed E-state index contributed by atoms with van der Waals surface area (Å²) in [6.07, 6.45) is 0.642. The van der Waals surface area contributed by atoms with Crippen LogP contribution in [-0.4, -0.2) is 46.6 Å². The van der Waals surface area contributed by atoms with E-state index in [4.69, 9.17) is 4.74 Å². The van der Waals surface area contributed by atoms with Gasteiger partial charge in [-0.25, -0.2) is 4.79 Å². The van der Waals surface area contributed by atoms with Crippen molar-refractivity contribution in [3.8, 4) is 0 Å². The molecule has 160 valence electrons. The van der Waals surface area contributed by atoms with Crippen molar-refractivity contribution < 1.29 is 23.9 Å². The number of amides is 3. The number of hydrogen-bond acceptors (Lipinski definition) is 5. The smallest absolute Gasteiger partial charge is 0.410 e. The molecule has 31 heavy (non-hydrogen) atoms. The van der Waals surface area contributed by atoms with Gasteiger partial charge < -0.3 is 9.64 Å². The number of imide groups is 1. The molecule has 0 radical (unpaired) electrons. The lowest BCUT2D eigenvalue weighted by Crippen LogP contribution is -2.44. The number of carbonyl (C=O) groups excluding carboxylic acids is 4. The van der Waals surface area contributed by atoms with Crippen LogP contribution >= 0.6 is 0 Å². The predicted molar refractivity (Wildman–Crippen MR) is 112 cm³/mol. The number of nitrogens with zero attached hydrogens (tertiary/aromatic N) is 2. The molecule has 2 heterocycles. The van der Waals surface area contributed by atoms with Crippen LogP contribution in [0.15, 0.2) is 48.5 Å². The Kier molecular flexibility index (Phi) is 5.84. The SMILES string of the molecule is CCC1CN(C(=O)OCc2cccc(CN3C(=O)c4ccccc4C3=O)c2)CCC1=O. The Hall–Kier alpha value is -3.48. The van der Waals surface area contributed by atoms with Crippen LogP contribution in [0.5, 0.6) is 0 Å². The van der Waals surface area contributed by atoms with Crippen LogP contribution in [0.1, 0.15) is 51.6 Å². The molecule has 4 rings (SSSR count). The molecule has 2 aromatic rings. The first-order valence-electron chi connectivity index (χ1n) is 10.5. The molecular formula is C24H24N2O5.